The molecule has 0 aromatic heterocycles. The molecule has 5 nitrogen and oxygen atoms in total. The number of carboxylic acid groups (broad SMARTS) is 1. The number of aliphatic carboxylic acids is 1. The molecule has 0 saturated heterocycles. The number of halogens is 3. The van der Waals surface area contributed by atoms with Gasteiger partial charge < -0.3 is 15.5 Å². The largest absolute Gasteiger partial charge is 0.479 e. The average molecular weight is 277 g/mol. The third-order valence-corrected chi connectivity index (χ3v) is 2.23. The number of aliphatic hydroxyl groups excluding tert-OH is 1. The van der Waals surface area contributed by atoms with Crippen LogP contribution in [0.1, 0.15) is 16.8 Å². The molecule has 1 aromatic rings. The van der Waals surface area contributed by atoms with Crippen LogP contribution in [0.5, 0.6) is 0 Å². The summed E-state index contributed by atoms with van der Waals surface area (Å²) in [4.78, 5) is 21.7. The van der Waals surface area contributed by atoms with Crippen molar-refractivity contribution >= 4 is 11.9 Å². The normalized spacial score (nSPS) is 12.0. The van der Waals surface area contributed by atoms with Gasteiger partial charge in [-0.05, 0) is 12.1 Å². The Hall–Kier alpha value is -2.09. The number of benzene rings is 1. The molecule has 0 saturated carbocycles. The number of amides is 1. The lowest BCUT2D eigenvalue weighted by atomic mass is 10.2. The first-order valence-electron chi connectivity index (χ1n) is 5.16. The zero-order valence-electron chi connectivity index (χ0n) is 9.49. The number of carbonyl (C=O) groups excluding carboxylic acids is 1. The van der Waals surface area contributed by atoms with E-state index < -0.39 is 41.0 Å². The van der Waals surface area contributed by atoms with Crippen LogP contribution in [0.25, 0.3) is 0 Å². The first-order valence-corrected chi connectivity index (χ1v) is 5.16. The fraction of sp³-hybridized carbons (Fsp3) is 0.273. The Kier molecular flexibility index (Phi) is 4.87. The van der Waals surface area contributed by atoms with Crippen molar-refractivity contribution < 1.29 is 33.0 Å². The van der Waals surface area contributed by atoms with Crippen LogP contribution in [-0.2, 0) is 4.79 Å². The van der Waals surface area contributed by atoms with Crippen molar-refractivity contribution in [1.29, 1.82) is 0 Å². The lowest BCUT2D eigenvalue weighted by Gasteiger charge is -2.08. The minimum atomic E-state index is -1.68. The van der Waals surface area contributed by atoms with Crippen molar-refractivity contribution in [2.75, 3.05) is 6.54 Å². The summed E-state index contributed by atoms with van der Waals surface area (Å²) in [6.07, 6.45) is -1.92. The van der Waals surface area contributed by atoms with E-state index in [9.17, 15) is 22.8 Å². The van der Waals surface area contributed by atoms with Gasteiger partial charge >= 0.3 is 5.97 Å². The van der Waals surface area contributed by atoms with E-state index in [1.54, 1.807) is 0 Å². The number of aliphatic hydroxyl groups is 1. The highest BCUT2D eigenvalue weighted by Gasteiger charge is 2.16. The van der Waals surface area contributed by atoms with Crippen molar-refractivity contribution in [3.63, 3.8) is 0 Å². The average Bonchev–Trinajstić information content (AvgIpc) is 2.34. The molecule has 0 heterocycles. The van der Waals surface area contributed by atoms with E-state index in [-0.39, 0.29) is 13.0 Å². The molecule has 104 valence electrons. The summed E-state index contributed by atoms with van der Waals surface area (Å²) in [6, 6.07) is 1.03. The summed E-state index contributed by atoms with van der Waals surface area (Å²) in [7, 11) is 0. The molecule has 1 rings (SSSR count). The summed E-state index contributed by atoms with van der Waals surface area (Å²) in [5.41, 5.74) is -0.443. The standard InChI is InChI=1S/C11H10F3NO4/c12-6-3-5(4-7(13)9(6)14)10(17)15-2-1-8(16)11(18)19/h3-4,8,16H,1-2H2,(H,15,17)(H,18,19)/t8-/m0/s1. The van der Waals surface area contributed by atoms with E-state index in [2.05, 4.69) is 5.32 Å². The van der Waals surface area contributed by atoms with Crippen LogP contribution in [0.2, 0.25) is 0 Å². The van der Waals surface area contributed by atoms with Gasteiger partial charge in [0.2, 0.25) is 0 Å². The molecule has 1 atom stereocenters. The van der Waals surface area contributed by atoms with Gasteiger partial charge in [0, 0.05) is 18.5 Å². The van der Waals surface area contributed by atoms with E-state index >= 15 is 0 Å². The molecule has 19 heavy (non-hydrogen) atoms. The third-order valence-electron chi connectivity index (χ3n) is 2.23. The summed E-state index contributed by atoms with van der Waals surface area (Å²) in [5.74, 6) is -7.05. The Labute approximate surface area is 105 Å². The summed E-state index contributed by atoms with van der Waals surface area (Å²) >= 11 is 0. The van der Waals surface area contributed by atoms with Gasteiger partial charge in [-0.15, -0.1) is 0 Å². The molecule has 1 amide bonds. The van der Waals surface area contributed by atoms with Gasteiger partial charge in [0.05, 0.1) is 0 Å². The molecular formula is C11H10F3NO4. The fourth-order valence-electron chi connectivity index (χ4n) is 1.23. The van der Waals surface area contributed by atoms with Gasteiger partial charge in [-0.3, -0.25) is 4.79 Å². The molecule has 0 bridgehead atoms. The third kappa shape index (κ3) is 3.95. The number of hydrogen-bond acceptors (Lipinski definition) is 3. The van der Waals surface area contributed by atoms with E-state index in [1.165, 1.54) is 0 Å². The first kappa shape index (κ1) is 15.0. The minimum Gasteiger partial charge on any atom is -0.479 e. The Balaban J connectivity index is 2.62. The van der Waals surface area contributed by atoms with E-state index in [0.29, 0.717) is 12.1 Å². The molecule has 0 spiro atoms. The Bertz CT molecular complexity index is 484. The molecule has 0 aliphatic rings. The number of nitrogens with one attached hydrogen (secondary N) is 1. The predicted octanol–water partition coefficient (Wildman–Crippen LogP) is 0.669. The monoisotopic (exact) mass is 277 g/mol. The summed E-state index contributed by atoms with van der Waals surface area (Å²) in [6.45, 7) is -0.215. The predicted molar refractivity (Wildman–Crippen MR) is 56.9 cm³/mol. The second-order valence-corrected chi connectivity index (χ2v) is 3.65. The smallest absolute Gasteiger partial charge is 0.332 e. The number of carboxylic acids is 1. The number of rotatable bonds is 5. The quantitative estimate of drug-likeness (QED) is 0.690. The zero-order chi connectivity index (χ0) is 14.6. The molecule has 0 radical (unpaired) electrons. The minimum absolute atomic E-state index is 0.215. The van der Waals surface area contributed by atoms with Crippen molar-refractivity contribution in [1.82, 2.24) is 5.32 Å². The maximum atomic E-state index is 12.8. The topological polar surface area (TPSA) is 86.6 Å². The number of hydrogen-bond donors (Lipinski definition) is 3. The molecule has 8 heteroatoms. The summed E-state index contributed by atoms with van der Waals surface area (Å²) < 4.78 is 38.3. The van der Waals surface area contributed by atoms with Gasteiger partial charge in [-0.2, -0.15) is 0 Å². The van der Waals surface area contributed by atoms with Crippen LogP contribution >= 0.6 is 0 Å². The van der Waals surface area contributed by atoms with E-state index in [4.69, 9.17) is 10.2 Å². The molecule has 0 fully saturated rings. The second kappa shape index (κ2) is 6.19. The lowest BCUT2D eigenvalue weighted by Crippen LogP contribution is -2.30. The van der Waals surface area contributed by atoms with Crippen LogP contribution in [0.15, 0.2) is 12.1 Å². The zero-order valence-corrected chi connectivity index (χ0v) is 9.49. The van der Waals surface area contributed by atoms with Crippen LogP contribution in [0, 0.1) is 17.5 Å². The molecule has 1 aromatic carbocycles. The maximum Gasteiger partial charge on any atom is 0.332 e. The van der Waals surface area contributed by atoms with Crippen molar-refractivity contribution in [2.24, 2.45) is 0 Å². The van der Waals surface area contributed by atoms with Crippen LogP contribution in [0.3, 0.4) is 0 Å². The molecule has 0 aliphatic carbocycles. The van der Waals surface area contributed by atoms with Crippen LogP contribution in [0.4, 0.5) is 13.2 Å². The summed E-state index contributed by atoms with van der Waals surface area (Å²) in [5, 5.41) is 19.4. The number of carbonyl (C=O) groups is 2. The van der Waals surface area contributed by atoms with E-state index in [0.717, 1.165) is 0 Å². The van der Waals surface area contributed by atoms with Gasteiger partial charge in [-0.1, -0.05) is 0 Å². The molecular weight excluding hydrogens is 267 g/mol. The Morgan fingerprint density at radius 2 is 1.74 bits per heavy atom. The van der Waals surface area contributed by atoms with Crippen molar-refractivity contribution in [2.45, 2.75) is 12.5 Å². The first-order chi connectivity index (χ1) is 8.82. The second-order valence-electron chi connectivity index (χ2n) is 3.65. The fourth-order valence-corrected chi connectivity index (χ4v) is 1.23. The van der Waals surface area contributed by atoms with Gasteiger partial charge in [0.15, 0.2) is 23.6 Å². The highest BCUT2D eigenvalue weighted by Crippen LogP contribution is 2.13. The van der Waals surface area contributed by atoms with Crippen LogP contribution in [-0.4, -0.2) is 34.7 Å². The Morgan fingerprint density at radius 3 is 2.21 bits per heavy atom. The Morgan fingerprint density at radius 1 is 1.21 bits per heavy atom. The molecule has 0 aliphatic heterocycles. The van der Waals surface area contributed by atoms with Gasteiger partial charge in [0.25, 0.3) is 5.91 Å². The van der Waals surface area contributed by atoms with Crippen molar-refractivity contribution in [3.8, 4) is 0 Å². The van der Waals surface area contributed by atoms with E-state index in [1.807, 2.05) is 0 Å². The highest BCUT2D eigenvalue weighted by molar-refractivity contribution is 5.94. The van der Waals surface area contributed by atoms with Crippen molar-refractivity contribution in [3.05, 3.63) is 35.1 Å². The SMILES string of the molecule is O=C(NCC[C@H](O)C(=O)O)c1cc(F)c(F)c(F)c1. The maximum absolute atomic E-state index is 12.8. The lowest BCUT2D eigenvalue weighted by molar-refractivity contribution is -0.146. The van der Waals surface area contributed by atoms with Crippen LogP contribution < -0.4 is 5.32 Å². The molecule has 0 unspecified atom stereocenters. The van der Waals surface area contributed by atoms with Gasteiger partial charge in [-0.25, -0.2) is 18.0 Å². The molecule has 3 N–H and O–H groups in total. The van der Waals surface area contributed by atoms with Gasteiger partial charge in [0.1, 0.15) is 0 Å². The highest BCUT2D eigenvalue weighted by atomic mass is 19.2.